The molecule has 2 aromatic carbocycles. The summed E-state index contributed by atoms with van der Waals surface area (Å²) >= 11 is 6.61. The predicted octanol–water partition coefficient (Wildman–Crippen LogP) is 5.65. The summed E-state index contributed by atoms with van der Waals surface area (Å²) in [7, 11) is 1.86. The van der Waals surface area contributed by atoms with Crippen molar-refractivity contribution in [2.24, 2.45) is 12.5 Å². The topological polar surface area (TPSA) is 111 Å². The highest BCUT2D eigenvalue weighted by atomic mass is 35.5. The summed E-state index contributed by atoms with van der Waals surface area (Å²) in [6.07, 6.45) is 3.87. The number of aromatic nitrogens is 4. The van der Waals surface area contributed by atoms with Gasteiger partial charge in [0.05, 0.1) is 0 Å². The molecule has 10 heteroatoms. The van der Waals surface area contributed by atoms with Gasteiger partial charge in [-0.2, -0.15) is 0 Å². The number of pyridine rings is 1. The molecular weight excluding hydrogens is 552 g/mol. The van der Waals surface area contributed by atoms with Gasteiger partial charge in [0.25, 0.3) is 5.56 Å². The second kappa shape index (κ2) is 12.7. The van der Waals surface area contributed by atoms with E-state index in [1.54, 1.807) is 41.2 Å². The van der Waals surface area contributed by atoms with Crippen molar-refractivity contribution >= 4 is 29.1 Å². The first-order valence-electron chi connectivity index (χ1n) is 13.9. The van der Waals surface area contributed by atoms with Crippen LogP contribution in [0, 0.1) is 5.41 Å². The zero-order valence-electron chi connectivity index (χ0n) is 24.8. The van der Waals surface area contributed by atoms with Crippen molar-refractivity contribution in [2.75, 3.05) is 5.32 Å². The number of carbonyl (C=O) groups is 2. The smallest absolute Gasteiger partial charge is 0.250 e. The Labute approximate surface area is 250 Å². The number of hydrogen-bond donors (Lipinski definition) is 2. The Balaban J connectivity index is 1.60. The second-order valence-electron chi connectivity index (χ2n) is 12.0. The molecular formula is C32H37ClN6O3. The molecule has 0 saturated carbocycles. The second-order valence-corrected chi connectivity index (χ2v) is 12.4. The van der Waals surface area contributed by atoms with E-state index in [1.807, 2.05) is 76.7 Å². The fourth-order valence-electron chi connectivity index (χ4n) is 4.62. The van der Waals surface area contributed by atoms with Crippen LogP contribution in [0.4, 0.5) is 5.69 Å². The Morgan fingerprint density at radius 1 is 0.976 bits per heavy atom. The maximum absolute atomic E-state index is 13.6. The third kappa shape index (κ3) is 7.73. The molecule has 2 N–H and O–H groups in total. The minimum atomic E-state index is -0.879. The minimum Gasteiger partial charge on any atom is -0.344 e. The maximum atomic E-state index is 13.6. The van der Waals surface area contributed by atoms with Gasteiger partial charge in [0.2, 0.25) is 11.8 Å². The van der Waals surface area contributed by atoms with Crippen molar-refractivity contribution in [2.45, 2.75) is 59.5 Å². The SMILES string of the molecule is CC(C)n1cc(-c2ccc(Cl)c(CC(NC(=O)CC(C)(C)C)C(=O)Nc3ccc(-c4nncn4C)cc3)c2)ccc1=O. The molecule has 2 amide bonds. The van der Waals surface area contributed by atoms with Crippen LogP contribution in [0.1, 0.15) is 52.6 Å². The molecule has 0 radical (unpaired) electrons. The summed E-state index contributed by atoms with van der Waals surface area (Å²) in [6.45, 7) is 9.81. The van der Waals surface area contributed by atoms with Crippen molar-refractivity contribution in [1.82, 2.24) is 24.6 Å². The Kier molecular flexibility index (Phi) is 9.31. The van der Waals surface area contributed by atoms with Crippen molar-refractivity contribution in [3.8, 4) is 22.5 Å². The molecule has 1 atom stereocenters. The number of aryl methyl sites for hydroxylation is 1. The van der Waals surface area contributed by atoms with E-state index in [2.05, 4.69) is 20.8 Å². The number of nitrogens with zero attached hydrogens (tertiary/aromatic N) is 4. The van der Waals surface area contributed by atoms with Gasteiger partial charge in [-0.1, -0.05) is 38.4 Å². The van der Waals surface area contributed by atoms with E-state index in [9.17, 15) is 14.4 Å². The Bertz CT molecular complexity index is 1630. The molecule has 0 fully saturated rings. The maximum Gasteiger partial charge on any atom is 0.250 e. The normalized spacial score (nSPS) is 12.3. The van der Waals surface area contributed by atoms with Gasteiger partial charge < -0.3 is 19.8 Å². The summed E-state index contributed by atoms with van der Waals surface area (Å²) in [4.78, 5) is 38.8. The molecule has 42 heavy (non-hydrogen) atoms. The van der Waals surface area contributed by atoms with Gasteiger partial charge in [0, 0.05) is 54.5 Å². The summed E-state index contributed by atoms with van der Waals surface area (Å²) < 4.78 is 3.48. The quantitative estimate of drug-likeness (QED) is 0.263. The van der Waals surface area contributed by atoms with Crippen LogP contribution in [-0.2, 0) is 23.1 Å². The largest absolute Gasteiger partial charge is 0.344 e. The number of nitrogens with one attached hydrogen (secondary N) is 2. The van der Waals surface area contributed by atoms with E-state index in [4.69, 9.17) is 11.6 Å². The summed E-state index contributed by atoms with van der Waals surface area (Å²) in [6, 6.07) is 15.3. The third-order valence-electron chi connectivity index (χ3n) is 6.76. The van der Waals surface area contributed by atoms with E-state index in [0.29, 0.717) is 22.1 Å². The van der Waals surface area contributed by atoms with E-state index in [-0.39, 0.29) is 41.7 Å². The molecule has 0 saturated heterocycles. The predicted molar refractivity (Wildman–Crippen MR) is 166 cm³/mol. The van der Waals surface area contributed by atoms with Crippen LogP contribution in [0.5, 0.6) is 0 Å². The van der Waals surface area contributed by atoms with E-state index in [0.717, 1.165) is 16.7 Å². The zero-order chi connectivity index (χ0) is 30.6. The highest BCUT2D eigenvalue weighted by molar-refractivity contribution is 6.31. The summed E-state index contributed by atoms with van der Waals surface area (Å²) in [5.74, 6) is 0.119. The molecule has 2 aromatic heterocycles. The van der Waals surface area contributed by atoms with Gasteiger partial charge in [0.1, 0.15) is 12.4 Å². The van der Waals surface area contributed by atoms with Gasteiger partial charge in [-0.15, -0.1) is 10.2 Å². The third-order valence-corrected chi connectivity index (χ3v) is 7.13. The fraction of sp³-hybridized carbons (Fsp3) is 0.344. The van der Waals surface area contributed by atoms with Crippen molar-refractivity contribution in [3.05, 3.63) is 88.1 Å². The molecule has 4 rings (SSSR count). The molecule has 220 valence electrons. The lowest BCUT2D eigenvalue weighted by Crippen LogP contribution is -2.46. The van der Waals surface area contributed by atoms with Gasteiger partial charge >= 0.3 is 0 Å². The van der Waals surface area contributed by atoms with Crippen LogP contribution in [0.25, 0.3) is 22.5 Å². The number of hydrogen-bond acceptors (Lipinski definition) is 5. The Morgan fingerprint density at radius 3 is 2.26 bits per heavy atom. The lowest BCUT2D eigenvalue weighted by atomic mass is 9.91. The zero-order valence-corrected chi connectivity index (χ0v) is 25.6. The molecule has 0 aliphatic heterocycles. The van der Waals surface area contributed by atoms with Crippen LogP contribution >= 0.6 is 11.6 Å². The highest BCUT2D eigenvalue weighted by Crippen LogP contribution is 2.27. The molecule has 4 aromatic rings. The molecule has 0 bridgehead atoms. The van der Waals surface area contributed by atoms with Crippen molar-refractivity contribution in [1.29, 1.82) is 0 Å². The summed E-state index contributed by atoms with van der Waals surface area (Å²) in [5.41, 5.74) is 3.51. The van der Waals surface area contributed by atoms with Gasteiger partial charge in [0.15, 0.2) is 5.82 Å². The molecule has 0 aliphatic carbocycles. The van der Waals surface area contributed by atoms with E-state index >= 15 is 0 Å². The standard InChI is InChI=1S/C32H37ClN6O3/c1-20(2)39-18-23(10-14-29(39)41)22-9-13-26(33)24(15-22)16-27(36-28(40)17-32(3,4)5)31(42)35-25-11-7-21(8-12-25)30-37-34-19-38(30)6/h7-15,18-20,27H,16-17H2,1-6H3,(H,35,42)(H,36,40). The average molecular weight is 589 g/mol. The number of rotatable bonds is 9. The van der Waals surface area contributed by atoms with Crippen LogP contribution < -0.4 is 16.2 Å². The lowest BCUT2D eigenvalue weighted by molar-refractivity contribution is -0.127. The first-order valence-corrected chi connectivity index (χ1v) is 14.2. The van der Waals surface area contributed by atoms with Crippen LogP contribution in [0.3, 0.4) is 0 Å². The minimum absolute atomic E-state index is 0.00443. The first kappa shape index (κ1) is 30.7. The Hall–Kier alpha value is -4.24. The van der Waals surface area contributed by atoms with Crippen molar-refractivity contribution in [3.63, 3.8) is 0 Å². The summed E-state index contributed by atoms with van der Waals surface area (Å²) in [5, 5.41) is 14.4. The number of amides is 2. The van der Waals surface area contributed by atoms with Gasteiger partial charge in [-0.05, 0) is 78.4 Å². The molecule has 1 unspecified atom stereocenters. The molecule has 9 nitrogen and oxygen atoms in total. The van der Waals surface area contributed by atoms with E-state index in [1.165, 1.54) is 0 Å². The fourth-order valence-corrected chi connectivity index (χ4v) is 4.82. The monoisotopic (exact) mass is 588 g/mol. The van der Waals surface area contributed by atoms with Gasteiger partial charge in [-0.25, -0.2) is 0 Å². The lowest BCUT2D eigenvalue weighted by Gasteiger charge is -2.23. The molecule has 0 spiro atoms. The molecule has 2 heterocycles. The number of halogens is 1. The Morgan fingerprint density at radius 2 is 1.64 bits per heavy atom. The number of benzene rings is 2. The number of anilines is 1. The van der Waals surface area contributed by atoms with Crippen LogP contribution in [-0.4, -0.2) is 37.2 Å². The van der Waals surface area contributed by atoms with Crippen LogP contribution in [0.15, 0.2) is 71.9 Å². The first-order chi connectivity index (χ1) is 19.8. The van der Waals surface area contributed by atoms with Gasteiger partial charge in [-0.3, -0.25) is 14.4 Å². The van der Waals surface area contributed by atoms with Crippen molar-refractivity contribution < 1.29 is 9.59 Å². The van der Waals surface area contributed by atoms with Crippen LogP contribution in [0.2, 0.25) is 5.02 Å². The molecule has 0 aliphatic rings. The number of carbonyl (C=O) groups excluding carboxylic acids is 2. The highest BCUT2D eigenvalue weighted by Gasteiger charge is 2.25. The van der Waals surface area contributed by atoms with E-state index < -0.39 is 6.04 Å². The average Bonchev–Trinajstić information content (AvgIpc) is 3.34.